The van der Waals surface area contributed by atoms with Gasteiger partial charge < -0.3 is 5.32 Å². The Morgan fingerprint density at radius 3 is 2.61 bits per heavy atom. The molecule has 0 aliphatic heterocycles. The minimum atomic E-state index is 0.544. The van der Waals surface area contributed by atoms with Crippen LogP contribution in [0.3, 0.4) is 0 Å². The molecule has 3 heteroatoms. The summed E-state index contributed by atoms with van der Waals surface area (Å²) in [6.45, 7) is 4.53. The van der Waals surface area contributed by atoms with Crippen molar-refractivity contribution in [2.24, 2.45) is 0 Å². The van der Waals surface area contributed by atoms with Crippen molar-refractivity contribution in [3.8, 4) is 0 Å². The van der Waals surface area contributed by atoms with Crippen LogP contribution in [0.15, 0.2) is 22.7 Å². The van der Waals surface area contributed by atoms with Crippen molar-refractivity contribution in [3.63, 3.8) is 0 Å². The Bertz CT molecular complexity index is 354. The van der Waals surface area contributed by atoms with Gasteiger partial charge >= 0.3 is 0 Å². The molecule has 0 radical (unpaired) electrons. The second kappa shape index (κ2) is 9.18. The predicted octanol–water partition coefficient (Wildman–Crippen LogP) is 6.21. The highest BCUT2D eigenvalue weighted by molar-refractivity contribution is 14.1. The van der Waals surface area contributed by atoms with E-state index < -0.39 is 0 Å². The Hall–Kier alpha value is 0.230. The van der Waals surface area contributed by atoms with Crippen molar-refractivity contribution >= 4 is 44.2 Å². The minimum Gasteiger partial charge on any atom is -0.382 e. The molecular weight excluding hydrogens is 401 g/mol. The largest absolute Gasteiger partial charge is 0.382 e. The van der Waals surface area contributed by atoms with Crippen molar-refractivity contribution < 1.29 is 0 Å². The highest BCUT2D eigenvalue weighted by Gasteiger charge is 2.05. The molecule has 0 saturated heterocycles. The zero-order valence-corrected chi connectivity index (χ0v) is 15.1. The van der Waals surface area contributed by atoms with Crippen LogP contribution < -0.4 is 5.32 Å². The lowest BCUT2D eigenvalue weighted by Gasteiger charge is -2.16. The van der Waals surface area contributed by atoms with E-state index in [1.165, 1.54) is 47.8 Å². The van der Waals surface area contributed by atoms with E-state index in [-0.39, 0.29) is 0 Å². The Kier molecular flexibility index (Phi) is 8.31. The van der Waals surface area contributed by atoms with Crippen LogP contribution in [-0.2, 0) is 0 Å². The Morgan fingerprint density at radius 1 is 1.22 bits per heavy atom. The zero-order chi connectivity index (χ0) is 13.4. The van der Waals surface area contributed by atoms with Crippen LogP contribution in [-0.4, -0.2) is 6.04 Å². The summed E-state index contributed by atoms with van der Waals surface area (Å²) in [5, 5.41) is 3.58. The summed E-state index contributed by atoms with van der Waals surface area (Å²) < 4.78 is 2.42. The van der Waals surface area contributed by atoms with Gasteiger partial charge in [-0.05, 0) is 70.1 Å². The van der Waals surface area contributed by atoms with E-state index in [1.807, 2.05) is 0 Å². The predicted molar refractivity (Wildman–Crippen MR) is 93.3 cm³/mol. The van der Waals surface area contributed by atoms with Gasteiger partial charge in [0, 0.05) is 19.8 Å². The summed E-state index contributed by atoms with van der Waals surface area (Å²) in [4.78, 5) is 0. The van der Waals surface area contributed by atoms with Crippen LogP contribution in [0.5, 0.6) is 0 Å². The highest BCUT2D eigenvalue weighted by Crippen LogP contribution is 2.25. The van der Waals surface area contributed by atoms with Gasteiger partial charge in [0.2, 0.25) is 0 Å². The Balaban J connectivity index is 2.28. The van der Waals surface area contributed by atoms with Crippen LogP contribution in [0.25, 0.3) is 0 Å². The summed E-state index contributed by atoms with van der Waals surface area (Å²) in [5.41, 5.74) is 1.21. The van der Waals surface area contributed by atoms with Crippen LogP contribution in [0.1, 0.15) is 52.4 Å². The summed E-state index contributed by atoms with van der Waals surface area (Å²) in [6.07, 6.45) is 8.04. The van der Waals surface area contributed by atoms with E-state index in [9.17, 15) is 0 Å². The second-order valence-electron chi connectivity index (χ2n) is 4.87. The average Bonchev–Trinajstić information content (AvgIpc) is 2.32. The molecule has 102 valence electrons. The first-order chi connectivity index (χ1) is 8.63. The first kappa shape index (κ1) is 16.3. The molecule has 1 unspecified atom stereocenters. The minimum absolute atomic E-state index is 0.544. The molecule has 1 rings (SSSR count). The summed E-state index contributed by atoms with van der Waals surface area (Å²) >= 11 is 5.94. The maximum absolute atomic E-state index is 3.61. The molecule has 0 heterocycles. The molecule has 1 aromatic rings. The van der Waals surface area contributed by atoms with Gasteiger partial charge in [-0.15, -0.1) is 0 Å². The molecule has 0 aromatic heterocycles. The molecule has 0 aliphatic rings. The molecule has 0 bridgehead atoms. The average molecular weight is 424 g/mol. The monoisotopic (exact) mass is 423 g/mol. The second-order valence-corrected chi connectivity index (χ2v) is 6.97. The van der Waals surface area contributed by atoms with Gasteiger partial charge in [-0.2, -0.15) is 0 Å². The van der Waals surface area contributed by atoms with Gasteiger partial charge in [0.15, 0.2) is 0 Å². The molecule has 1 nitrogen and oxygen atoms in total. The fourth-order valence-corrected chi connectivity index (χ4v) is 3.41. The lowest BCUT2D eigenvalue weighted by molar-refractivity contribution is 0.578. The molecule has 1 N–H and O–H groups in total. The summed E-state index contributed by atoms with van der Waals surface area (Å²) in [5.74, 6) is 0. The molecule has 0 spiro atoms. The molecular formula is C15H23BrIN. The van der Waals surface area contributed by atoms with Crippen molar-refractivity contribution in [2.75, 3.05) is 5.32 Å². The quantitative estimate of drug-likeness (QED) is 0.386. The normalized spacial score (nSPS) is 12.4. The number of hydrogen-bond acceptors (Lipinski definition) is 1. The van der Waals surface area contributed by atoms with Gasteiger partial charge in [0.1, 0.15) is 0 Å². The SMILES string of the molecule is CCCCCCCC(C)Nc1ccc(I)cc1Br. The van der Waals surface area contributed by atoms with E-state index in [1.54, 1.807) is 0 Å². The van der Waals surface area contributed by atoms with E-state index in [0.717, 1.165) is 4.47 Å². The van der Waals surface area contributed by atoms with Gasteiger partial charge in [-0.1, -0.05) is 39.0 Å². The maximum Gasteiger partial charge on any atom is 0.0487 e. The van der Waals surface area contributed by atoms with Crippen molar-refractivity contribution in [1.29, 1.82) is 0 Å². The number of hydrogen-bond donors (Lipinski definition) is 1. The van der Waals surface area contributed by atoms with E-state index in [4.69, 9.17) is 0 Å². The number of benzene rings is 1. The number of anilines is 1. The van der Waals surface area contributed by atoms with Crippen LogP contribution >= 0.6 is 38.5 Å². The molecule has 0 amide bonds. The third-order valence-electron chi connectivity index (χ3n) is 3.07. The molecule has 0 saturated carbocycles. The van der Waals surface area contributed by atoms with Gasteiger partial charge in [0.25, 0.3) is 0 Å². The van der Waals surface area contributed by atoms with Crippen molar-refractivity contribution in [1.82, 2.24) is 0 Å². The molecule has 1 aromatic carbocycles. The molecule has 0 fully saturated rings. The first-order valence-corrected chi connectivity index (χ1v) is 8.72. The lowest BCUT2D eigenvalue weighted by atomic mass is 10.1. The highest BCUT2D eigenvalue weighted by atomic mass is 127. The third kappa shape index (κ3) is 6.41. The van der Waals surface area contributed by atoms with Crippen LogP contribution in [0.4, 0.5) is 5.69 Å². The Morgan fingerprint density at radius 2 is 1.94 bits per heavy atom. The first-order valence-electron chi connectivity index (χ1n) is 6.85. The fraction of sp³-hybridized carbons (Fsp3) is 0.600. The summed E-state index contributed by atoms with van der Waals surface area (Å²) in [7, 11) is 0. The van der Waals surface area contributed by atoms with E-state index in [2.05, 4.69) is 75.9 Å². The lowest BCUT2D eigenvalue weighted by Crippen LogP contribution is -2.15. The van der Waals surface area contributed by atoms with E-state index in [0.29, 0.717) is 6.04 Å². The van der Waals surface area contributed by atoms with Gasteiger partial charge in [-0.3, -0.25) is 0 Å². The van der Waals surface area contributed by atoms with Crippen molar-refractivity contribution in [2.45, 2.75) is 58.4 Å². The van der Waals surface area contributed by atoms with Crippen molar-refractivity contribution in [3.05, 3.63) is 26.2 Å². The summed E-state index contributed by atoms with van der Waals surface area (Å²) in [6, 6.07) is 6.99. The standard InChI is InChI=1S/C15H23BrIN/c1-3-4-5-6-7-8-12(2)18-15-10-9-13(17)11-14(15)16/h9-12,18H,3-8H2,1-2H3. The molecule has 0 aliphatic carbocycles. The number of unbranched alkanes of at least 4 members (excludes halogenated alkanes) is 4. The number of nitrogens with one attached hydrogen (secondary N) is 1. The number of halogens is 2. The number of rotatable bonds is 8. The molecule has 18 heavy (non-hydrogen) atoms. The van der Waals surface area contributed by atoms with E-state index >= 15 is 0 Å². The van der Waals surface area contributed by atoms with Gasteiger partial charge in [-0.25, -0.2) is 0 Å². The van der Waals surface area contributed by atoms with Crippen LogP contribution in [0, 0.1) is 3.57 Å². The van der Waals surface area contributed by atoms with Crippen LogP contribution in [0.2, 0.25) is 0 Å². The maximum atomic E-state index is 3.61. The fourth-order valence-electron chi connectivity index (χ4n) is 2.00. The zero-order valence-electron chi connectivity index (χ0n) is 11.3. The Labute approximate surface area is 133 Å². The topological polar surface area (TPSA) is 12.0 Å². The smallest absolute Gasteiger partial charge is 0.0487 e. The third-order valence-corrected chi connectivity index (χ3v) is 4.40. The molecule has 1 atom stereocenters. The van der Waals surface area contributed by atoms with Gasteiger partial charge in [0.05, 0.1) is 0 Å².